The third kappa shape index (κ3) is 2.27. The van der Waals surface area contributed by atoms with Crippen molar-refractivity contribution in [2.24, 2.45) is 0 Å². The first-order valence-corrected chi connectivity index (χ1v) is 5.52. The van der Waals surface area contributed by atoms with E-state index in [1.165, 1.54) is 0 Å². The van der Waals surface area contributed by atoms with Gasteiger partial charge in [0.15, 0.2) is 0 Å². The van der Waals surface area contributed by atoms with Crippen molar-refractivity contribution < 1.29 is 8.78 Å². The summed E-state index contributed by atoms with van der Waals surface area (Å²) in [5.41, 5.74) is 1.01. The molecule has 1 aromatic rings. The fourth-order valence-electron chi connectivity index (χ4n) is 1.63. The fourth-order valence-corrected chi connectivity index (χ4v) is 1.85. The molecule has 0 unspecified atom stereocenters. The molecule has 1 aliphatic rings. The molecule has 2 heterocycles. The number of halogens is 3. The van der Waals surface area contributed by atoms with Gasteiger partial charge in [-0.05, 0) is 34.5 Å². The van der Waals surface area contributed by atoms with E-state index in [-0.39, 0.29) is 13.0 Å². The molecule has 0 bridgehead atoms. The fraction of sp³-hybridized carbons (Fsp3) is 0.500. The van der Waals surface area contributed by atoms with Crippen LogP contribution in [0.4, 0.5) is 14.6 Å². The van der Waals surface area contributed by atoms with Gasteiger partial charge in [0.05, 0.1) is 6.54 Å². The highest BCUT2D eigenvalue weighted by molar-refractivity contribution is 9.10. The minimum absolute atomic E-state index is 0.0796. The molecule has 2 rings (SSSR count). The SMILES string of the molecule is Cc1cc(N2CCC(F)(F)C2)ncc1Br. The van der Waals surface area contributed by atoms with Gasteiger partial charge in [-0.2, -0.15) is 0 Å². The summed E-state index contributed by atoms with van der Waals surface area (Å²) in [4.78, 5) is 5.76. The van der Waals surface area contributed by atoms with Crippen molar-refractivity contribution in [1.82, 2.24) is 4.98 Å². The van der Waals surface area contributed by atoms with Gasteiger partial charge in [0.2, 0.25) is 0 Å². The maximum Gasteiger partial charge on any atom is 0.266 e. The van der Waals surface area contributed by atoms with Crippen molar-refractivity contribution in [2.75, 3.05) is 18.0 Å². The maximum atomic E-state index is 13.0. The molecule has 82 valence electrons. The Hall–Kier alpha value is -0.710. The number of hydrogen-bond donors (Lipinski definition) is 0. The lowest BCUT2D eigenvalue weighted by Crippen LogP contribution is -2.25. The molecule has 0 saturated carbocycles. The van der Waals surface area contributed by atoms with Gasteiger partial charge in [0.25, 0.3) is 5.92 Å². The average molecular weight is 277 g/mol. The van der Waals surface area contributed by atoms with Crippen molar-refractivity contribution >= 4 is 21.7 Å². The second-order valence-electron chi connectivity index (χ2n) is 3.82. The summed E-state index contributed by atoms with van der Waals surface area (Å²) < 4.78 is 26.9. The Morgan fingerprint density at radius 2 is 2.27 bits per heavy atom. The normalized spacial score (nSPS) is 19.6. The average Bonchev–Trinajstić information content (AvgIpc) is 2.51. The second-order valence-corrected chi connectivity index (χ2v) is 4.67. The number of pyridine rings is 1. The van der Waals surface area contributed by atoms with Crippen molar-refractivity contribution in [3.63, 3.8) is 0 Å². The molecule has 0 spiro atoms. The number of anilines is 1. The maximum absolute atomic E-state index is 13.0. The van der Waals surface area contributed by atoms with Crippen molar-refractivity contribution in [1.29, 1.82) is 0 Å². The number of rotatable bonds is 1. The zero-order chi connectivity index (χ0) is 11.1. The first-order chi connectivity index (χ1) is 6.98. The van der Waals surface area contributed by atoms with Gasteiger partial charge in [-0.1, -0.05) is 0 Å². The molecule has 1 aromatic heterocycles. The Bertz CT molecular complexity index is 382. The van der Waals surface area contributed by atoms with Crippen LogP contribution in [0.3, 0.4) is 0 Å². The van der Waals surface area contributed by atoms with Gasteiger partial charge in [-0.3, -0.25) is 0 Å². The van der Waals surface area contributed by atoms with Crippen LogP contribution in [0.1, 0.15) is 12.0 Å². The predicted molar refractivity (Wildman–Crippen MR) is 58.5 cm³/mol. The molecule has 0 N–H and O–H groups in total. The summed E-state index contributed by atoms with van der Waals surface area (Å²) in [6, 6.07) is 1.82. The number of nitrogens with zero attached hydrogens (tertiary/aromatic N) is 2. The third-order valence-corrected chi connectivity index (χ3v) is 3.36. The van der Waals surface area contributed by atoms with Gasteiger partial charge in [-0.25, -0.2) is 13.8 Å². The molecular weight excluding hydrogens is 266 g/mol. The van der Waals surface area contributed by atoms with Crippen LogP contribution in [0.15, 0.2) is 16.7 Å². The van der Waals surface area contributed by atoms with E-state index in [4.69, 9.17) is 0 Å². The molecule has 0 aromatic carbocycles. The van der Waals surface area contributed by atoms with Gasteiger partial charge >= 0.3 is 0 Å². The minimum atomic E-state index is -2.57. The van der Waals surface area contributed by atoms with E-state index in [1.54, 1.807) is 11.1 Å². The third-order valence-electron chi connectivity index (χ3n) is 2.53. The summed E-state index contributed by atoms with van der Waals surface area (Å²) >= 11 is 3.33. The van der Waals surface area contributed by atoms with Crippen molar-refractivity contribution in [3.8, 4) is 0 Å². The Morgan fingerprint density at radius 1 is 1.53 bits per heavy atom. The molecular formula is C10H11BrF2N2. The van der Waals surface area contributed by atoms with Crippen LogP contribution in [0.2, 0.25) is 0 Å². The van der Waals surface area contributed by atoms with E-state index in [2.05, 4.69) is 20.9 Å². The molecule has 1 fully saturated rings. The monoisotopic (exact) mass is 276 g/mol. The molecule has 0 amide bonds. The lowest BCUT2D eigenvalue weighted by Gasteiger charge is -2.17. The molecule has 1 saturated heterocycles. The van der Waals surface area contributed by atoms with E-state index in [1.807, 2.05) is 13.0 Å². The minimum Gasteiger partial charge on any atom is -0.350 e. The van der Waals surface area contributed by atoms with E-state index in [0.29, 0.717) is 12.4 Å². The quantitative estimate of drug-likeness (QED) is 0.784. The summed E-state index contributed by atoms with van der Waals surface area (Å²) in [6.45, 7) is 2.08. The Morgan fingerprint density at radius 3 is 2.80 bits per heavy atom. The van der Waals surface area contributed by atoms with Crippen LogP contribution < -0.4 is 4.90 Å². The number of alkyl halides is 2. The van der Waals surface area contributed by atoms with Crippen LogP contribution >= 0.6 is 15.9 Å². The van der Waals surface area contributed by atoms with Crippen molar-refractivity contribution in [3.05, 3.63) is 22.3 Å². The van der Waals surface area contributed by atoms with Crippen LogP contribution in [0.25, 0.3) is 0 Å². The smallest absolute Gasteiger partial charge is 0.266 e. The summed E-state index contributed by atoms with van der Waals surface area (Å²) in [5, 5.41) is 0. The van der Waals surface area contributed by atoms with E-state index >= 15 is 0 Å². The predicted octanol–water partition coefficient (Wildman–Crippen LogP) is 3.00. The molecule has 1 aliphatic heterocycles. The van der Waals surface area contributed by atoms with Gasteiger partial charge in [-0.15, -0.1) is 0 Å². The van der Waals surface area contributed by atoms with Crippen molar-refractivity contribution in [2.45, 2.75) is 19.3 Å². The van der Waals surface area contributed by atoms with E-state index in [0.717, 1.165) is 10.0 Å². The molecule has 2 nitrogen and oxygen atoms in total. The van der Waals surface area contributed by atoms with E-state index < -0.39 is 5.92 Å². The van der Waals surface area contributed by atoms with Gasteiger partial charge in [0.1, 0.15) is 5.82 Å². The zero-order valence-corrected chi connectivity index (χ0v) is 9.89. The largest absolute Gasteiger partial charge is 0.350 e. The van der Waals surface area contributed by atoms with Gasteiger partial charge in [0, 0.05) is 23.6 Å². The summed E-state index contributed by atoms with van der Waals surface area (Å²) in [7, 11) is 0. The second kappa shape index (κ2) is 3.70. The number of aromatic nitrogens is 1. The van der Waals surface area contributed by atoms with Crippen LogP contribution in [-0.4, -0.2) is 24.0 Å². The first kappa shape index (κ1) is 10.8. The lowest BCUT2D eigenvalue weighted by atomic mass is 10.3. The molecule has 15 heavy (non-hydrogen) atoms. The molecule has 0 aliphatic carbocycles. The topological polar surface area (TPSA) is 16.1 Å². The Labute approximate surface area is 95.4 Å². The van der Waals surface area contributed by atoms with E-state index in [9.17, 15) is 8.78 Å². The Kier molecular flexibility index (Phi) is 2.66. The number of hydrogen-bond acceptors (Lipinski definition) is 2. The van der Waals surface area contributed by atoms with Crippen LogP contribution in [-0.2, 0) is 0 Å². The van der Waals surface area contributed by atoms with Crippen LogP contribution in [0, 0.1) is 6.92 Å². The molecule has 5 heteroatoms. The van der Waals surface area contributed by atoms with Gasteiger partial charge < -0.3 is 4.90 Å². The lowest BCUT2D eigenvalue weighted by molar-refractivity contribution is 0.0256. The number of aryl methyl sites for hydroxylation is 1. The molecule has 0 radical (unpaired) electrons. The first-order valence-electron chi connectivity index (χ1n) is 4.73. The zero-order valence-electron chi connectivity index (χ0n) is 8.30. The summed E-state index contributed by atoms with van der Waals surface area (Å²) in [5.74, 6) is -1.93. The summed E-state index contributed by atoms with van der Waals surface area (Å²) in [6.07, 6.45) is 1.57. The standard InChI is InChI=1S/C10H11BrF2N2/c1-7-4-9(14-5-8(7)11)15-3-2-10(12,13)6-15/h4-5H,2-3,6H2,1H3. The van der Waals surface area contributed by atoms with Crippen LogP contribution in [0.5, 0.6) is 0 Å². The molecule has 0 atom stereocenters. The highest BCUT2D eigenvalue weighted by atomic mass is 79.9. The highest BCUT2D eigenvalue weighted by Crippen LogP contribution is 2.30. The Balaban J connectivity index is 2.21. The highest BCUT2D eigenvalue weighted by Gasteiger charge is 2.38.